The van der Waals surface area contributed by atoms with Crippen LogP contribution < -0.4 is 10.2 Å². The van der Waals surface area contributed by atoms with E-state index in [0.29, 0.717) is 25.7 Å². The Morgan fingerprint density at radius 2 is 0.403 bits per heavy atom. The molecule has 452 valence electrons. The number of hydrogen-bond donors (Lipinski definition) is 0. The van der Waals surface area contributed by atoms with Crippen LogP contribution in [0.5, 0.6) is 0 Å². The molecule has 0 amide bonds. The van der Waals surface area contributed by atoms with Crippen molar-refractivity contribution in [3.63, 3.8) is 0 Å². The van der Waals surface area contributed by atoms with Gasteiger partial charge in [0.15, 0.2) is 0 Å². The smallest absolute Gasteiger partial charge is 0.550 e. The standard InChI is InChI=1S/2C34H66O4.Zn/c2*1-3-5-7-9-11-12-13-14-15-16-18-23-27-31-34(37)38-32(28-24-20-17-10-8-6-4-2)29-25-21-19-22-26-30-33(35)36;/h2*32H,3-31H2,1-2H3,(H,35,36);/q;;+2/p-2. The molecule has 0 fully saturated rings. The third-order valence-electron chi connectivity index (χ3n) is 15.6. The van der Waals surface area contributed by atoms with E-state index in [-0.39, 0.29) is 56.5 Å². The van der Waals surface area contributed by atoms with Gasteiger partial charge in [-0.3, -0.25) is 9.59 Å². The van der Waals surface area contributed by atoms with Crippen LogP contribution in [0.2, 0.25) is 0 Å². The van der Waals surface area contributed by atoms with Gasteiger partial charge in [-0.25, -0.2) is 0 Å². The van der Waals surface area contributed by atoms with Crippen LogP contribution in [0, 0.1) is 0 Å². The minimum Gasteiger partial charge on any atom is -0.550 e. The average molecular weight is 1140 g/mol. The Morgan fingerprint density at radius 3 is 0.584 bits per heavy atom. The van der Waals surface area contributed by atoms with Crippen molar-refractivity contribution in [2.45, 2.75) is 412 Å². The molecule has 0 aromatic heterocycles. The van der Waals surface area contributed by atoms with E-state index in [1.54, 1.807) is 0 Å². The topological polar surface area (TPSA) is 133 Å². The third-order valence-corrected chi connectivity index (χ3v) is 15.6. The summed E-state index contributed by atoms with van der Waals surface area (Å²) >= 11 is 0. The predicted octanol–water partition coefficient (Wildman–Crippen LogP) is 20.0. The Balaban J connectivity index is -0.00000140. The van der Waals surface area contributed by atoms with E-state index in [4.69, 9.17) is 9.47 Å². The zero-order valence-corrected chi connectivity index (χ0v) is 55.1. The number of hydrogen-bond acceptors (Lipinski definition) is 8. The van der Waals surface area contributed by atoms with Gasteiger partial charge in [0.2, 0.25) is 0 Å². The molecule has 0 aliphatic rings. The largest absolute Gasteiger partial charge is 2.00 e. The van der Waals surface area contributed by atoms with E-state index in [2.05, 4.69) is 27.7 Å². The number of aliphatic carboxylic acids is 2. The molecule has 9 heteroatoms. The van der Waals surface area contributed by atoms with Crippen LogP contribution in [0.4, 0.5) is 0 Å². The van der Waals surface area contributed by atoms with Gasteiger partial charge < -0.3 is 29.3 Å². The Kier molecular flexibility index (Phi) is 71.2. The third kappa shape index (κ3) is 70.6. The first kappa shape index (κ1) is 79.7. The summed E-state index contributed by atoms with van der Waals surface area (Å²) < 4.78 is 11.9. The maximum Gasteiger partial charge on any atom is 2.00 e. The maximum absolute atomic E-state index is 12.5. The molecule has 77 heavy (non-hydrogen) atoms. The summed E-state index contributed by atoms with van der Waals surface area (Å²) in [5.74, 6) is -1.91. The first-order chi connectivity index (χ1) is 37.2. The van der Waals surface area contributed by atoms with Crippen LogP contribution in [-0.4, -0.2) is 36.1 Å². The van der Waals surface area contributed by atoms with E-state index in [9.17, 15) is 29.4 Å². The normalized spacial score (nSPS) is 11.9. The van der Waals surface area contributed by atoms with Gasteiger partial charge in [0, 0.05) is 24.8 Å². The molecule has 0 radical (unpaired) electrons. The fourth-order valence-electron chi connectivity index (χ4n) is 10.6. The van der Waals surface area contributed by atoms with Crippen molar-refractivity contribution in [1.29, 1.82) is 0 Å². The number of carboxylic acids is 2. The van der Waals surface area contributed by atoms with Gasteiger partial charge in [0.05, 0.1) is 0 Å². The fourth-order valence-corrected chi connectivity index (χ4v) is 10.6. The summed E-state index contributed by atoms with van der Waals surface area (Å²) in [6.07, 6.45) is 67.2. The van der Waals surface area contributed by atoms with Gasteiger partial charge in [-0.1, -0.05) is 297 Å². The Labute approximate surface area is 492 Å². The van der Waals surface area contributed by atoms with Crippen molar-refractivity contribution in [1.82, 2.24) is 0 Å². The predicted molar refractivity (Wildman–Crippen MR) is 320 cm³/mol. The molecule has 0 aliphatic heterocycles. The number of esters is 2. The number of carbonyl (C=O) groups excluding carboxylic acids is 4. The minimum atomic E-state index is -0.949. The summed E-state index contributed by atoms with van der Waals surface area (Å²) in [4.78, 5) is 46.1. The van der Waals surface area contributed by atoms with Crippen LogP contribution in [0.1, 0.15) is 400 Å². The Hall–Kier alpha value is -1.50. The second-order valence-corrected chi connectivity index (χ2v) is 23.4. The second kappa shape index (κ2) is 68.8. The molecule has 2 unspecified atom stereocenters. The van der Waals surface area contributed by atoms with E-state index in [0.717, 1.165) is 116 Å². The zero-order chi connectivity index (χ0) is 55.9. The molecule has 0 aliphatic carbocycles. The summed E-state index contributed by atoms with van der Waals surface area (Å²) in [6.45, 7) is 9.05. The van der Waals surface area contributed by atoms with E-state index >= 15 is 0 Å². The summed E-state index contributed by atoms with van der Waals surface area (Å²) in [7, 11) is 0. The van der Waals surface area contributed by atoms with Crippen LogP contribution in [0.3, 0.4) is 0 Å². The van der Waals surface area contributed by atoms with Gasteiger partial charge >= 0.3 is 31.4 Å². The van der Waals surface area contributed by atoms with Crippen molar-refractivity contribution in [3.05, 3.63) is 0 Å². The molecular weight excluding hydrogens is 1010 g/mol. The number of carbonyl (C=O) groups is 4. The molecule has 0 spiro atoms. The van der Waals surface area contributed by atoms with Crippen LogP contribution >= 0.6 is 0 Å². The molecule has 0 aromatic carbocycles. The SMILES string of the molecule is CCCCCCCCCCCCCCCC(=O)OC(CCCCCCCCC)CCCCCCCC(=O)[O-].CCCCCCCCCCCCCCCC(=O)OC(CCCCCCCCC)CCCCCCCC(=O)[O-].[Zn+2]. The average Bonchev–Trinajstić information content (AvgIpc) is 3.40. The van der Waals surface area contributed by atoms with Crippen LogP contribution in [-0.2, 0) is 48.1 Å². The van der Waals surface area contributed by atoms with E-state index in [1.165, 1.54) is 218 Å². The van der Waals surface area contributed by atoms with Crippen molar-refractivity contribution in [3.8, 4) is 0 Å². The molecule has 8 nitrogen and oxygen atoms in total. The maximum atomic E-state index is 12.5. The summed E-state index contributed by atoms with van der Waals surface area (Å²) in [5, 5.41) is 21.1. The first-order valence-corrected chi connectivity index (χ1v) is 34.0. The minimum absolute atomic E-state index is 0. The van der Waals surface area contributed by atoms with Crippen molar-refractivity contribution >= 4 is 23.9 Å². The molecule has 0 saturated heterocycles. The van der Waals surface area contributed by atoms with Gasteiger partial charge in [0.1, 0.15) is 12.2 Å². The summed E-state index contributed by atoms with van der Waals surface area (Å²) in [5.41, 5.74) is 0. The molecule has 0 saturated carbocycles. The number of ether oxygens (including phenoxy) is 2. The molecule has 0 heterocycles. The van der Waals surface area contributed by atoms with Crippen molar-refractivity contribution < 1.29 is 58.3 Å². The monoisotopic (exact) mass is 1140 g/mol. The second-order valence-electron chi connectivity index (χ2n) is 23.4. The molecule has 0 aromatic rings. The zero-order valence-electron chi connectivity index (χ0n) is 52.1. The number of carboxylic acid groups (broad SMARTS) is 2. The van der Waals surface area contributed by atoms with Gasteiger partial charge in [-0.2, -0.15) is 0 Å². The van der Waals surface area contributed by atoms with Crippen LogP contribution in [0.15, 0.2) is 0 Å². The summed E-state index contributed by atoms with van der Waals surface area (Å²) in [6, 6.07) is 0. The number of unbranched alkanes of at least 4 members (excludes halogenated alkanes) is 44. The molecular formula is C68H130O8Zn. The van der Waals surface area contributed by atoms with E-state index in [1.807, 2.05) is 0 Å². The van der Waals surface area contributed by atoms with Gasteiger partial charge in [0.25, 0.3) is 0 Å². The van der Waals surface area contributed by atoms with Crippen molar-refractivity contribution in [2.24, 2.45) is 0 Å². The van der Waals surface area contributed by atoms with Crippen molar-refractivity contribution in [2.75, 3.05) is 0 Å². The molecule has 0 rings (SSSR count). The molecule has 2 atom stereocenters. The van der Waals surface area contributed by atoms with Gasteiger partial charge in [-0.15, -0.1) is 0 Å². The Morgan fingerprint density at radius 1 is 0.247 bits per heavy atom. The number of rotatable bonds is 62. The van der Waals surface area contributed by atoms with E-state index < -0.39 is 11.9 Å². The van der Waals surface area contributed by atoms with Gasteiger partial charge in [-0.05, 0) is 89.9 Å². The molecule has 0 bridgehead atoms. The fraction of sp³-hybridized carbons (Fsp3) is 0.941. The molecule has 0 N–H and O–H groups in total. The quantitative estimate of drug-likeness (QED) is 0.0334. The van der Waals surface area contributed by atoms with Crippen LogP contribution in [0.25, 0.3) is 0 Å². The first-order valence-electron chi connectivity index (χ1n) is 34.0. The Bertz CT molecular complexity index is 1110.